The minimum atomic E-state index is -0.114. The van der Waals surface area contributed by atoms with Gasteiger partial charge in [0, 0.05) is 18.7 Å². The van der Waals surface area contributed by atoms with Gasteiger partial charge in [0.15, 0.2) is 0 Å². The predicted molar refractivity (Wildman–Crippen MR) is 118 cm³/mol. The Bertz CT molecular complexity index is 1020. The Morgan fingerprint density at radius 3 is 2.67 bits per heavy atom. The number of likely N-dealkylation sites (tertiary alicyclic amines) is 1. The average Bonchev–Trinajstić information content (AvgIpc) is 3.44. The Kier molecular flexibility index (Phi) is 6.14. The topological polar surface area (TPSA) is 59.4 Å². The van der Waals surface area contributed by atoms with E-state index in [2.05, 4.69) is 10.2 Å². The van der Waals surface area contributed by atoms with Crippen molar-refractivity contribution < 1.29 is 9.53 Å². The largest absolute Gasteiger partial charge is 0.497 e. The highest BCUT2D eigenvalue weighted by Gasteiger charge is 2.19. The summed E-state index contributed by atoms with van der Waals surface area (Å²) in [4.78, 5) is 15.4. The lowest BCUT2D eigenvalue weighted by molar-refractivity contribution is 0.0942. The van der Waals surface area contributed by atoms with Gasteiger partial charge in [0.25, 0.3) is 5.91 Å². The maximum atomic E-state index is 13.1. The summed E-state index contributed by atoms with van der Waals surface area (Å²) in [6, 6.07) is 17.6. The Hall–Kier alpha value is -3.12. The van der Waals surface area contributed by atoms with E-state index in [0.29, 0.717) is 12.2 Å². The van der Waals surface area contributed by atoms with Crippen molar-refractivity contribution in [1.29, 1.82) is 0 Å². The first-order chi connectivity index (χ1) is 14.6. The summed E-state index contributed by atoms with van der Waals surface area (Å²) in [6.07, 6.45) is 2.50. The predicted octanol–water partition coefficient (Wildman–Crippen LogP) is 3.68. The molecule has 1 fully saturated rings. The molecule has 1 amide bonds. The molecule has 30 heavy (non-hydrogen) atoms. The van der Waals surface area contributed by atoms with E-state index in [-0.39, 0.29) is 5.91 Å². The molecule has 1 aliphatic rings. The monoisotopic (exact) mass is 404 g/mol. The molecule has 3 aromatic rings. The molecule has 0 radical (unpaired) electrons. The van der Waals surface area contributed by atoms with Crippen LogP contribution in [0.5, 0.6) is 5.75 Å². The minimum Gasteiger partial charge on any atom is -0.497 e. The lowest BCUT2D eigenvalue weighted by Crippen LogP contribution is -2.34. The number of aromatic nitrogens is 2. The molecule has 1 saturated heterocycles. The van der Waals surface area contributed by atoms with Crippen LogP contribution in [0.4, 0.5) is 0 Å². The number of aryl methyl sites for hydroxylation is 1. The zero-order valence-electron chi connectivity index (χ0n) is 17.6. The van der Waals surface area contributed by atoms with Crippen LogP contribution in [-0.4, -0.2) is 53.9 Å². The van der Waals surface area contributed by atoms with Gasteiger partial charge in [0.2, 0.25) is 0 Å². The highest BCUT2D eigenvalue weighted by molar-refractivity contribution is 5.94. The zero-order chi connectivity index (χ0) is 20.9. The van der Waals surface area contributed by atoms with Crippen molar-refractivity contribution in [3.63, 3.8) is 0 Å². The number of rotatable bonds is 7. The first-order valence-corrected chi connectivity index (χ1v) is 10.5. The Morgan fingerprint density at radius 2 is 1.90 bits per heavy atom. The molecule has 6 nitrogen and oxygen atoms in total. The fraction of sp³-hybridized carbons (Fsp3) is 0.333. The van der Waals surface area contributed by atoms with Gasteiger partial charge in [0.05, 0.1) is 18.5 Å². The molecule has 0 bridgehead atoms. The molecule has 0 spiro atoms. The molecule has 0 saturated carbocycles. The summed E-state index contributed by atoms with van der Waals surface area (Å²) in [7, 11) is 1.64. The van der Waals surface area contributed by atoms with Gasteiger partial charge in [-0.05, 0) is 68.8 Å². The van der Waals surface area contributed by atoms with Crippen LogP contribution >= 0.6 is 0 Å². The highest BCUT2D eigenvalue weighted by atomic mass is 16.5. The van der Waals surface area contributed by atoms with Crippen molar-refractivity contribution in [3.05, 3.63) is 65.9 Å². The van der Waals surface area contributed by atoms with Gasteiger partial charge >= 0.3 is 0 Å². The van der Waals surface area contributed by atoms with Gasteiger partial charge in [-0.15, -0.1) is 0 Å². The average molecular weight is 405 g/mol. The molecule has 0 atom stereocenters. The fourth-order valence-electron chi connectivity index (χ4n) is 3.85. The number of ether oxygens (including phenoxy) is 1. The Balaban J connectivity index is 1.62. The van der Waals surface area contributed by atoms with Crippen molar-refractivity contribution in [2.45, 2.75) is 19.8 Å². The van der Waals surface area contributed by atoms with Crippen LogP contribution in [0.1, 0.15) is 28.9 Å². The number of nitrogens with zero attached hydrogens (tertiary/aromatic N) is 3. The van der Waals surface area contributed by atoms with E-state index in [4.69, 9.17) is 9.84 Å². The standard InChI is InChI=1S/C24H28N4O2/c1-18-7-5-9-20(15-18)28-23(24(29)25-11-14-27-12-3-4-13-27)17-22(26-28)19-8-6-10-21(16-19)30-2/h5-10,15-17H,3-4,11-14H2,1-2H3,(H,25,29). The molecule has 2 heterocycles. The number of hydrogen-bond donors (Lipinski definition) is 1. The first kappa shape index (κ1) is 20.2. The van der Waals surface area contributed by atoms with Crippen molar-refractivity contribution >= 4 is 5.91 Å². The number of methoxy groups -OCH3 is 1. The van der Waals surface area contributed by atoms with E-state index in [1.165, 1.54) is 12.8 Å². The molecule has 4 rings (SSSR count). The highest BCUT2D eigenvalue weighted by Crippen LogP contribution is 2.25. The summed E-state index contributed by atoms with van der Waals surface area (Å²) in [5.41, 5.74) is 4.16. The third-order valence-electron chi connectivity index (χ3n) is 5.47. The number of carbonyl (C=O) groups excluding carboxylic acids is 1. The van der Waals surface area contributed by atoms with Crippen LogP contribution in [0.25, 0.3) is 16.9 Å². The maximum Gasteiger partial charge on any atom is 0.270 e. The lowest BCUT2D eigenvalue weighted by atomic mass is 10.1. The molecule has 156 valence electrons. The summed E-state index contributed by atoms with van der Waals surface area (Å²) in [6.45, 7) is 5.79. The molecule has 6 heteroatoms. The SMILES string of the molecule is COc1cccc(-c2cc(C(=O)NCCN3CCCC3)n(-c3cccc(C)c3)n2)c1. The van der Waals surface area contributed by atoms with Crippen LogP contribution in [0.15, 0.2) is 54.6 Å². The van der Waals surface area contributed by atoms with Gasteiger partial charge in [-0.25, -0.2) is 4.68 Å². The van der Waals surface area contributed by atoms with E-state index in [1.807, 2.05) is 61.5 Å². The molecular weight excluding hydrogens is 376 g/mol. The number of carbonyl (C=O) groups is 1. The van der Waals surface area contributed by atoms with Crippen LogP contribution in [0, 0.1) is 6.92 Å². The number of nitrogens with one attached hydrogen (secondary N) is 1. The molecule has 2 aromatic carbocycles. The van der Waals surface area contributed by atoms with Crippen LogP contribution in [-0.2, 0) is 0 Å². The third kappa shape index (κ3) is 4.54. The van der Waals surface area contributed by atoms with Crippen LogP contribution in [0.3, 0.4) is 0 Å². The maximum absolute atomic E-state index is 13.1. The van der Waals surface area contributed by atoms with Gasteiger partial charge in [-0.1, -0.05) is 24.3 Å². The van der Waals surface area contributed by atoms with Gasteiger partial charge in [-0.2, -0.15) is 5.10 Å². The number of amides is 1. The van der Waals surface area contributed by atoms with Crippen molar-refractivity contribution in [2.24, 2.45) is 0 Å². The zero-order valence-corrected chi connectivity index (χ0v) is 17.6. The van der Waals surface area contributed by atoms with Gasteiger partial charge < -0.3 is 15.0 Å². The summed E-state index contributed by atoms with van der Waals surface area (Å²) < 4.78 is 7.07. The molecular formula is C24H28N4O2. The lowest BCUT2D eigenvalue weighted by Gasteiger charge is -2.15. The van der Waals surface area contributed by atoms with Crippen molar-refractivity contribution in [3.8, 4) is 22.7 Å². The second-order valence-corrected chi connectivity index (χ2v) is 7.70. The number of hydrogen-bond acceptors (Lipinski definition) is 4. The fourth-order valence-corrected chi connectivity index (χ4v) is 3.85. The van der Waals surface area contributed by atoms with E-state index < -0.39 is 0 Å². The summed E-state index contributed by atoms with van der Waals surface area (Å²) in [5, 5.41) is 7.84. The molecule has 1 N–H and O–H groups in total. The molecule has 0 unspecified atom stereocenters. The quantitative estimate of drug-likeness (QED) is 0.653. The van der Waals surface area contributed by atoms with E-state index >= 15 is 0 Å². The van der Waals surface area contributed by atoms with Crippen LogP contribution < -0.4 is 10.1 Å². The Morgan fingerprint density at radius 1 is 1.10 bits per heavy atom. The van der Waals surface area contributed by atoms with E-state index in [1.54, 1.807) is 11.8 Å². The van der Waals surface area contributed by atoms with Crippen molar-refractivity contribution in [2.75, 3.05) is 33.3 Å². The molecule has 0 aliphatic carbocycles. The van der Waals surface area contributed by atoms with Crippen LogP contribution in [0.2, 0.25) is 0 Å². The minimum absolute atomic E-state index is 0.114. The smallest absolute Gasteiger partial charge is 0.270 e. The summed E-state index contributed by atoms with van der Waals surface area (Å²) >= 11 is 0. The van der Waals surface area contributed by atoms with Gasteiger partial charge in [-0.3, -0.25) is 4.79 Å². The molecule has 1 aromatic heterocycles. The molecule has 1 aliphatic heterocycles. The van der Waals surface area contributed by atoms with Gasteiger partial charge in [0.1, 0.15) is 11.4 Å². The Labute approximate surface area is 177 Å². The normalized spacial score (nSPS) is 14.1. The first-order valence-electron chi connectivity index (χ1n) is 10.5. The number of benzene rings is 2. The van der Waals surface area contributed by atoms with Crippen molar-refractivity contribution in [1.82, 2.24) is 20.0 Å². The second kappa shape index (κ2) is 9.13. The van der Waals surface area contributed by atoms with E-state index in [9.17, 15) is 4.79 Å². The summed E-state index contributed by atoms with van der Waals surface area (Å²) in [5.74, 6) is 0.645. The second-order valence-electron chi connectivity index (χ2n) is 7.70. The third-order valence-corrected chi connectivity index (χ3v) is 5.47. The van der Waals surface area contributed by atoms with E-state index in [0.717, 1.165) is 47.9 Å².